The van der Waals surface area contributed by atoms with Crippen LogP contribution in [0.3, 0.4) is 0 Å². The molecule has 43 heavy (non-hydrogen) atoms. The number of nitrogens with zero attached hydrogens (tertiary/aromatic N) is 5. The van der Waals surface area contributed by atoms with Crippen LogP contribution in [0.4, 0.5) is 5.69 Å². The molecule has 0 radical (unpaired) electrons. The lowest BCUT2D eigenvalue weighted by atomic mass is 9.86. The molecule has 1 saturated carbocycles. The Morgan fingerprint density at radius 1 is 1.26 bits per heavy atom. The lowest BCUT2D eigenvalue weighted by Gasteiger charge is -2.21. The summed E-state index contributed by atoms with van der Waals surface area (Å²) >= 11 is 0. The summed E-state index contributed by atoms with van der Waals surface area (Å²) in [5, 5.41) is 15.3. The summed E-state index contributed by atoms with van der Waals surface area (Å²) in [5.41, 5.74) is 1.95. The lowest BCUT2D eigenvalue weighted by Crippen LogP contribution is -2.47. The SMILES string of the molecule is COC(O)N[C@@H](CC/C=C/C(=O)N(C)C)C(=O)Nc1cccn(Cc2nc3ncnc(CCC4CCCCC4)c3[nH]2)c1=O. The highest BCUT2D eigenvalue weighted by molar-refractivity contribution is 5.94. The number of imidazole rings is 1. The predicted molar refractivity (Wildman–Crippen MR) is 162 cm³/mol. The highest BCUT2D eigenvalue weighted by atomic mass is 16.6. The van der Waals surface area contributed by atoms with Gasteiger partial charge in [-0.05, 0) is 49.8 Å². The number of aryl methyl sites for hydroxylation is 1. The number of aliphatic hydroxyl groups excluding tert-OH is 1. The molecule has 0 bridgehead atoms. The van der Waals surface area contributed by atoms with Crippen molar-refractivity contribution >= 4 is 28.7 Å². The van der Waals surface area contributed by atoms with E-state index in [0.717, 1.165) is 30.0 Å². The summed E-state index contributed by atoms with van der Waals surface area (Å²) in [5.74, 6) is 0.582. The Morgan fingerprint density at radius 3 is 2.79 bits per heavy atom. The molecule has 3 aromatic rings. The van der Waals surface area contributed by atoms with Crippen molar-refractivity contribution < 1.29 is 19.4 Å². The predicted octanol–water partition coefficient (Wildman–Crippen LogP) is 2.32. The van der Waals surface area contributed by atoms with Crippen LogP contribution in [0.25, 0.3) is 11.2 Å². The van der Waals surface area contributed by atoms with E-state index in [1.807, 2.05) is 0 Å². The Hall–Kier alpha value is -3.94. The van der Waals surface area contributed by atoms with Crippen LogP contribution < -0.4 is 16.2 Å². The van der Waals surface area contributed by atoms with Crippen LogP contribution in [-0.2, 0) is 27.3 Å². The number of hydrogen-bond donors (Lipinski definition) is 4. The van der Waals surface area contributed by atoms with Gasteiger partial charge in [0, 0.05) is 27.4 Å². The average molecular weight is 595 g/mol. The van der Waals surface area contributed by atoms with E-state index in [1.165, 1.54) is 67.2 Å². The molecule has 1 aliphatic carbocycles. The van der Waals surface area contributed by atoms with Gasteiger partial charge in [0.15, 0.2) is 5.65 Å². The summed E-state index contributed by atoms with van der Waals surface area (Å²) in [6.07, 6.45) is 13.9. The summed E-state index contributed by atoms with van der Waals surface area (Å²) in [6.45, 7) is 0.149. The molecule has 3 heterocycles. The summed E-state index contributed by atoms with van der Waals surface area (Å²) in [4.78, 5) is 56.4. The third-order valence-corrected chi connectivity index (χ3v) is 7.73. The summed E-state index contributed by atoms with van der Waals surface area (Å²) < 4.78 is 6.29. The van der Waals surface area contributed by atoms with Gasteiger partial charge in [0.2, 0.25) is 18.2 Å². The van der Waals surface area contributed by atoms with E-state index in [4.69, 9.17) is 4.74 Å². The van der Waals surface area contributed by atoms with Crippen molar-refractivity contribution in [2.75, 3.05) is 26.5 Å². The quantitative estimate of drug-likeness (QED) is 0.162. The van der Waals surface area contributed by atoms with Crippen LogP contribution in [0.15, 0.2) is 41.6 Å². The number of aromatic nitrogens is 5. The number of ether oxygens (including phenoxy) is 1. The molecular weight excluding hydrogens is 552 g/mol. The van der Waals surface area contributed by atoms with E-state index in [1.54, 1.807) is 32.4 Å². The topological polar surface area (TPSA) is 167 Å². The van der Waals surface area contributed by atoms with Crippen LogP contribution in [0.5, 0.6) is 0 Å². The number of methoxy groups -OCH3 is 1. The van der Waals surface area contributed by atoms with Gasteiger partial charge in [0.25, 0.3) is 5.56 Å². The molecule has 0 aliphatic heterocycles. The van der Waals surface area contributed by atoms with Gasteiger partial charge in [-0.3, -0.25) is 19.7 Å². The number of fused-ring (bicyclic) bond motifs is 1. The van der Waals surface area contributed by atoms with E-state index < -0.39 is 23.9 Å². The number of anilines is 1. The second-order valence-electron chi connectivity index (χ2n) is 11.1. The average Bonchev–Trinajstić information content (AvgIpc) is 3.43. The Labute approximate surface area is 250 Å². The maximum Gasteiger partial charge on any atom is 0.274 e. The number of hydrogen-bond acceptors (Lipinski definition) is 9. The molecule has 0 saturated heterocycles. The van der Waals surface area contributed by atoms with Gasteiger partial charge >= 0.3 is 0 Å². The number of likely N-dealkylation sites (N-methyl/N-ethyl adjacent to an activating group) is 1. The first-order valence-electron chi connectivity index (χ1n) is 14.8. The lowest BCUT2D eigenvalue weighted by molar-refractivity contribution is -0.129. The van der Waals surface area contributed by atoms with E-state index in [9.17, 15) is 19.5 Å². The Bertz CT molecular complexity index is 1460. The first-order valence-corrected chi connectivity index (χ1v) is 14.8. The van der Waals surface area contributed by atoms with Crippen LogP contribution in [0.2, 0.25) is 0 Å². The maximum absolute atomic E-state index is 13.3. The second kappa shape index (κ2) is 15.5. The number of allylic oxidation sites excluding steroid dienone is 1. The van der Waals surface area contributed by atoms with E-state index in [0.29, 0.717) is 17.9 Å². The molecule has 4 rings (SSSR count). The molecule has 1 unspecified atom stereocenters. The molecule has 13 heteroatoms. The molecule has 13 nitrogen and oxygen atoms in total. The van der Waals surface area contributed by atoms with Gasteiger partial charge in [-0.25, -0.2) is 15.0 Å². The first-order chi connectivity index (χ1) is 20.7. The van der Waals surface area contributed by atoms with E-state index >= 15 is 0 Å². The number of carbonyl (C=O) groups excluding carboxylic acids is 2. The van der Waals surface area contributed by atoms with Crippen LogP contribution in [0.1, 0.15) is 62.9 Å². The monoisotopic (exact) mass is 594 g/mol. The van der Waals surface area contributed by atoms with Crippen molar-refractivity contribution in [1.29, 1.82) is 0 Å². The van der Waals surface area contributed by atoms with Crippen molar-refractivity contribution in [1.82, 2.24) is 34.7 Å². The second-order valence-corrected chi connectivity index (χ2v) is 11.1. The number of amides is 2. The fourth-order valence-electron chi connectivity index (χ4n) is 5.27. The molecule has 0 spiro atoms. The van der Waals surface area contributed by atoms with Crippen LogP contribution >= 0.6 is 0 Å². The zero-order valence-electron chi connectivity index (χ0n) is 25.1. The molecule has 1 fully saturated rings. The molecule has 0 aromatic carbocycles. The third-order valence-electron chi connectivity index (χ3n) is 7.73. The molecule has 2 atom stereocenters. The number of carbonyl (C=O) groups is 2. The van der Waals surface area contributed by atoms with Crippen molar-refractivity contribution in [3.8, 4) is 0 Å². The molecule has 1 aliphatic rings. The third kappa shape index (κ3) is 9.02. The van der Waals surface area contributed by atoms with Crippen molar-refractivity contribution in [2.24, 2.45) is 5.92 Å². The minimum Gasteiger partial charge on any atom is -0.356 e. The fraction of sp³-hybridized carbons (Fsp3) is 0.533. The number of aliphatic hydroxyl groups is 1. The van der Waals surface area contributed by atoms with Gasteiger partial charge in [-0.15, -0.1) is 0 Å². The normalized spacial score (nSPS) is 15.5. The Morgan fingerprint density at radius 2 is 2.05 bits per heavy atom. The number of pyridine rings is 1. The largest absolute Gasteiger partial charge is 0.356 e. The van der Waals surface area contributed by atoms with Crippen LogP contribution in [-0.4, -0.2) is 80.0 Å². The summed E-state index contributed by atoms with van der Waals surface area (Å²) in [7, 11) is 4.58. The van der Waals surface area contributed by atoms with Gasteiger partial charge in [0.1, 0.15) is 23.4 Å². The standard InChI is InChI=1S/C30H42N8O5/c1-37(2)25(39)14-8-7-12-22(34-30(42)43-3)28(40)33-23-13-9-17-38(29(23)41)18-24-35-26-21(31-19-32-27(26)36-24)16-15-20-10-5-4-6-11-20/h8-9,13-14,17,19-20,22,30,34,42H,4-7,10-12,15-16,18H2,1-3H3,(H,33,40)(H,31,32,35,36)/b14-8+/t22-,30?/m0/s1. The van der Waals surface area contributed by atoms with E-state index in [2.05, 4.69) is 30.6 Å². The zero-order valence-corrected chi connectivity index (χ0v) is 25.1. The van der Waals surface area contributed by atoms with Crippen molar-refractivity contribution in [3.05, 3.63) is 58.7 Å². The molecule has 2 amide bonds. The minimum absolute atomic E-state index is 0.0774. The molecule has 4 N–H and O–H groups in total. The zero-order chi connectivity index (χ0) is 30.8. The highest BCUT2D eigenvalue weighted by Gasteiger charge is 2.22. The first kappa shape index (κ1) is 32.0. The number of H-pyrrole nitrogens is 1. The number of rotatable bonds is 14. The maximum atomic E-state index is 13.3. The van der Waals surface area contributed by atoms with Gasteiger partial charge < -0.3 is 29.6 Å². The van der Waals surface area contributed by atoms with Gasteiger partial charge in [-0.1, -0.05) is 38.2 Å². The van der Waals surface area contributed by atoms with E-state index in [-0.39, 0.29) is 24.6 Å². The number of nitrogens with one attached hydrogen (secondary N) is 3. The van der Waals surface area contributed by atoms with Crippen LogP contribution in [0, 0.1) is 5.92 Å². The fourth-order valence-corrected chi connectivity index (χ4v) is 5.27. The Balaban J connectivity index is 1.44. The molecular formula is C30H42N8O5. The highest BCUT2D eigenvalue weighted by Crippen LogP contribution is 2.28. The smallest absolute Gasteiger partial charge is 0.274 e. The Kier molecular flexibility index (Phi) is 11.5. The summed E-state index contributed by atoms with van der Waals surface area (Å²) in [6, 6.07) is 2.28. The minimum atomic E-state index is -1.39. The van der Waals surface area contributed by atoms with Gasteiger partial charge in [-0.2, -0.15) is 0 Å². The van der Waals surface area contributed by atoms with Crippen molar-refractivity contribution in [2.45, 2.75) is 76.8 Å². The molecule has 232 valence electrons. The van der Waals surface area contributed by atoms with Gasteiger partial charge in [0.05, 0.1) is 18.3 Å². The number of aromatic amines is 1. The molecule has 3 aromatic heterocycles. The van der Waals surface area contributed by atoms with Crippen molar-refractivity contribution in [3.63, 3.8) is 0 Å².